The third-order valence-electron chi connectivity index (χ3n) is 3.62. The second kappa shape index (κ2) is 7.24. The SMILES string of the molecule is CCN(CC)CCCC(C)Nc1nc2ccccn2n1. The van der Waals surface area contributed by atoms with Crippen molar-refractivity contribution in [2.24, 2.45) is 0 Å². The lowest BCUT2D eigenvalue weighted by Crippen LogP contribution is -2.25. The maximum Gasteiger partial charge on any atom is 0.243 e. The van der Waals surface area contributed by atoms with Crippen LogP contribution in [-0.2, 0) is 0 Å². The summed E-state index contributed by atoms with van der Waals surface area (Å²) in [4.78, 5) is 6.91. The van der Waals surface area contributed by atoms with Gasteiger partial charge in [-0.15, -0.1) is 5.10 Å². The molecule has 2 rings (SSSR count). The number of pyridine rings is 1. The fourth-order valence-electron chi connectivity index (χ4n) is 2.35. The number of aromatic nitrogens is 3. The van der Waals surface area contributed by atoms with E-state index in [0.717, 1.165) is 31.7 Å². The Morgan fingerprint density at radius 2 is 2.10 bits per heavy atom. The summed E-state index contributed by atoms with van der Waals surface area (Å²) in [5, 5.41) is 7.79. The van der Waals surface area contributed by atoms with E-state index in [9.17, 15) is 0 Å². The Kier molecular flexibility index (Phi) is 5.35. The van der Waals surface area contributed by atoms with Crippen molar-refractivity contribution in [1.29, 1.82) is 0 Å². The number of nitrogens with zero attached hydrogens (tertiary/aromatic N) is 4. The molecule has 20 heavy (non-hydrogen) atoms. The Labute approximate surface area is 121 Å². The summed E-state index contributed by atoms with van der Waals surface area (Å²) in [5.41, 5.74) is 0.880. The molecule has 1 atom stereocenters. The molecule has 0 aromatic carbocycles. The van der Waals surface area contributed by atoms with Gasteiger partial charge in [-0.3, -0.25) is 0 Å². The lowest BCUT2D eigenvalue weighted by Gasteiger charge is -2.19. The monoisotopic (exact) mass is 275 g/mol. The zero-order chi connectivity index (χ0) is 14.4. The second-order valence-corrected chi connectivity index (χ2v) is 5.15. The van der Waals surface area contributed by atoms with Crippen molar-refractivity contribution in [3.63, 3.8) is 0 Å². The van der Waals surface area contributed by atoms with Crippen molar-refractivity contribution in [2.75, 3.05) is 25.0 Å². The fraction of sp³-hybridized carbons (Fsp3) is 0.600. The smallest absolute Gasteiger partial charge is 0.243 e. The van der Waals surface area contributed by atoms with Crippen LogP contribution in [-0.4, -0.2) is 45.2 Å². The normalized spacial score (nSPS) is 13.0. The molecule has 0 fully saturated rings. The lowest BCUT2D eigenvalue weighted by molar-refractivity contribution is 0.295. The minimum Gasteiger partial charge on any atom is -0.350 e. The van der Waals surface area contributed by atoms with E-state index in [1.807, 2.05) is 24.4 Å². The molecule has 0 aliphatic heterocycles. The quantitative estimate of drug-likeness (QED) is 0.804. The third-order valence-corrected chi connectivity index (χ3v) is 3.62. The van der Waals surface area contributed by atoms with Crippen molar-refractivity contribution < 1.29 is 0 Å². The highest BCUT2D eigenvalue weighted by Gasteiger charge is 2.07. The molecule has 0 saturated carbocycles. The van der Waals surface area contributed by atoms with Crippen LogP contribution in [0.2, 0.25) is 0 Å². The van der Waals surface area contributed by atoms with Crippen LogP contribution in [0.3, 0.4) is 0 Å². The predicted octanol–water partition coefficient (Wildman–Crippen LogP) is 2.65. The van der Waals surface area contributed by atoms with Crippen LogP contribution in [0.1, 0.15) is 33.6 Å². The van der Waals surface area contributed by atoms with Gasteiger partial charge in [-0.1, -0.05) is 19.9 Å². The van der Waals surface area contributed by atoms with Crippen molar-refractivity contribution >= 4 is 11.6 Å². The summed E-state index contributed by atoms with van der Waals surface area (Å²) in [6, 6.07) is 6.28. The highest BCUT2D eigenvalue weighted by atomic mass is 15.3. The number of nitrogens with one attached hydrogen (secondary N) is 1. The third kappa shape index (κ3) is 3.93. The van der Waals surface area contributed by atoms with Gasteiger partial charge >= 0.3 is 0 Å². The largest absolute Gasteiger partial charge is 0.350 e. The van der Waals surface area contributed by atoms with Crippen LogP contribution < -0.4 is 5.32 Å². The first-order chi connectivity index (χ1) is 9.72. The number of fused-ring (bicyclic) bond motifs is 1. The molecule has 2 heterocycles. The Balaban J connectivity index is 1.80. The summed E-state index contributed by atoms with van der Waals surface area (Å²) in [5.74, 6) is 0.714. The summed E-state index contributed by atoms with van der Waals surface area (Å²) in [7, 11) is 0. The van der Waals surface area contributed by atoms with Crippen molar-refractivity contribution in [3.05, 3.63) is 24.4 Å². The first-order valence-electron chi connectivity index (χ1n) is 7.53. The van der Waals surface area contributed by atoms with Gasteiger partial charge in [0.05, 0.1) is 0 Å². The second-order valence-electron chi connectivity index (χ2n) is 5.15. The molecule has 1 N–H and O–H groups in total. The van der Waals surface area contributed by atoms with Crippen LogP contribution >= 0.6 is 0 Å². The standard InChI is InChI=1S/C15H25N5/c1-4-19(5-2)11-8-9-13(3)16-15-17-14-10-6-7-12-20(14)18-15/h6-7,10,12-13H,4-5,8-9,11H2,1-3H3,(H,16,18). The number of anilines is 1. The van der Waals surface area contributed by atoms with E-state index < -0.39 is 0 Å². The van der Waals surface area contributed by atoms with Gasteiger partial charge in [0, 0.05) is 12.2 Å². The molecule has 0 spiro atoms. The maximum atomic E-state index is 4.46. The Bertz CT molecular complexity index is 485. The van der Waals surface area contributed by atoms with E-state index in [0.29, 0.717) is 12.0 Å². The molecular formula is C15H25N5. The molecule has 0 bridgehead atoms. The minimum atomic E-state index is 0.392. The van der Waals surface area contributed by atoms with E-state index in [-0.39, 0.29) is 0 Å². The van der Waals surface area contributed by atoms with E-state index in [2.05, 4.69) is 41.1 Å². The zero-order valence-electron chi connectivity index (χ0n) is 12.7. The summed E-state index contributed by atoms with van der Waals surface area (Å²) in [6.07, 6.45) is 4.24. The van der Waals surface area contributed by atoms with Gasteiger partial charge in [-0.2, -0.15) is 4.98 Å². The molecule has 0 aliphatic rings. The lowest BCUT2D eigenvalue weighted by atomic mass is 10.2. The Morgan fingerprint density at radius 3 is 2.80 bits per heavy atom. The van der Waals surface area contributed by atoms with E-state index in [1.165, 1.54) is 6.42 Å². The first kappa shape index (κ1) is 14.8. The van der Waals surface area contributed by atoms with Gasteiger partial charge in [0.15, 0.2) is 5.65 Å². The van der Waals surface area contributed by atoms with Gasteiger partial charge in [0.2, 0.25) is 5.95 Å². The molecule has 0 saturated heterocycles. The van der Waals surface area contributed by atoms with Crippen LogP contribution in [0.15, 0.2) is 24.4 Å². The highest BCUT2D eigenvalue weighted by Crippen LogP contribution is 2.08. The molecule has 1 unspecified atom stereocenters. The van der Waals surface area contributed by atoms with Crippen molar-refractivity contribution in [1.82, 2.24) is 19.5 Å². The average molecular weight is 275 g/mol. The molecule has 110 valence electrons. The van der Waals surface area contributed by atoms with Gasteiger partial charge in [0.1, 0.15) is 0 Å². The van der Waals surface area contributed by atoms with Gasteiger partial charge in [-0.05, 0) is 51.5 Å². The zero-order valence-corrected chi connectivity index (χ0v) is 12.7. The average Bonchev–Trinajstić information content (AvgIpc) is 2.85. The topological polar surface area (TPSA) is 45.5 Å². The van der Waals surface area contributed by atoms with Crippen LogP contribution in [0, 0.1) is 0 Å². The molecule has 5 nitrogen and oxygen atoms in total. The Morgan fingerprint density at radius 1 is 1.30 bits per heavy atom. The molecule has 5 heteroatoms. The summed E-state index contributed by atoms with van der Waals surface area (Å²) >= 11 is 0. The van der Waals surface area contributed by atoms with Crippen LogP contribution in [0.4, 0.5) is 5.95 Å². The molecule has 0 amide bonds. The fourth-order valence-corrected chi connectivity index (χ4v) is 2.35. The highest BCUT2D eigenvalue weighted by molar-refractivity contribution is 5.43. The molecule has 2 aromatic rings. The molecule has 0 radical (unpaired) electrons. The van der Waals surface area contributed by atoms with Gasteiger partial charge < -0.3 is 10.2 Å². The first-order valence-corrected chi connectivity index (χ1v) is 7.53. The summed E-state index contributed by atoms with van der Waals surface area (Å²) in [6.45, 7) is 10.0. The van der Waals surface area contributed by atoms with Crippen molar-refractivity contribution in [2.45, 2.75) is 39.7 Å². The molecule has 2 aromatic heterocycles. The van der Waals surface area contributed by atoms with Crippen molar-refractivity contribution in [3.8, 4) is 0 Å². The minimum absolute atomic E-state index is 0.392. The van der Waals surface area contributed by atoms with Crippen LogP contribution in [0.25, 0.3) is 5.65 Å². The van der Waals surface area contributed by atoms with E-state index in [1.54, 1.807) is 4.52 Å². The number of hydrogen-bond donors (Lipinski definition) is 1. The number of hydrogen-bond acceptors (Lipinski definition) is 4. The van der Waals surface area contributed by atoms with E-state index in [4.69, 9.17) is 0 Å². The van der Waals surface area contributed by atoms with E-state index >= 15 is 0 Å². The summed E-state index contributed by atoms with van der Waals surface area (Å²) < 4.78 is 1.80. The van der Waals surface area contributed by atoms with Crippen LogP contribution in [0.5, 0.6) is 0 Å². The van der Waals surface area contributed by atoms with Gasteiger partial charge in [0.25, 0.3) is 0 Å². The predicted molar refractivity (Wildman–Crippen MR) is 83.1 cm³/mol. The maximum absolute atomic E-state index is 4.46. The number of rotatable bonds is 8. The Hall–Kier alpha value is -1.62. The molecular weight excluding hydrogens is 250 g/mol. The molecule has 0 aliphatic carbocycles. The van der Waals surface area contributed by atoms with Gasteiger partial charge in [-0.25, -0.2) is 4.52 Å².